The van der Waals surface area contributed by atoms with Gasteiger partial charge in [0.25, 0.3) is 0 Å². The molecule has 2 aromatic heterocycles. The Kier molecular flexibility index (Phi) is 4.66. The minimum atomic E-state index is -0.0444. The number of fused-ring (bicyclic) bond motifs is 1. The van der Waals surface area contributed by atoms with Crippen molar-refractivity contribution in [2.75, 3.05) is 29.5 Å². The Hall–Kier alpha value is -2.39. The Morgan fingerprint density at radius 2 is 2.36 bits per heavy atom. The predicted octanol–water partition coefficient (Wildman–Crippen LogP) is 1.27. The lowest BCUT2D eigenvalue weighted by Gasteiger charge is -2.19. The molecule has 0 aliphatic carbocycles. The average molecular weight is 358 g/mol. The summed E-state index contributed by atoms with van der Waals surface area (Å²) >= 11 is 1.41. The highest BCUT2D eigenvalue weighted by molar-refractivity contribution is 8.00. The molecule has 0 saturated carbocycles. The maximum atomic E-state index is 11.7. The first-order valence-electron chi connectivity index (χ1n) is 8.11. The zero-order chi connectivity index (χ0) is 17.1. The van der Waals surface area contributed by atoms with Gasteiger partial charge >= 0.3 is 0 Å². The van der Waals surface area contributed by atoms with Gasteiger partial charge in [-0.3, -0.25) is 9.78 Å². The van der Waals surface area contributed by atoms with Gasteiger partial charge in [-0.2, -0.15) is 0 Å². The minimum absolute atomic E-state index is 0.0444. The van der Waals surface area contributed by atoms with Gasteiger partial charge in [0.15, 0.2) is 5.82 Å². The maximum Gasteiger partial charge on any atom is 0.234 e. The molecule has 1 saturated heterocycles. The van der Waals surface area contributed by atoms with Crippen LogP contribution in [0.2, 0.25) is 0 Å². The molecule has 2 aromatic rings. The third-order valence-corrected chi connectivity index (χ3v) is 5.03. The highest BCUT2D eigenvalue weighted by Crippen LogP contribution is 2.34. The van der Waals surface area contributed by atoms with E-state index in [9.17, 15) is 4.79 Å². The number of rotatable bonds is 5. The van der Waals surface area contributed by atoms with Crippen LogP contribution in [0, 0.1) is 0 Å². The fraction of sp³-hybridized carbons (Fsp3) is 0.375. The molecule has 4 rings (SSSR count). The summed E-state index contributed by atoms with van der Waals surface area (Å²) < 4.78 is 6.05. The van der Waals surface area contributed by atoms with Crippen LogP contribution in [0.5, 0.6) is 5.75 Å². The lowest BCUT2D eigenvalue weighted by Crippen LogP contribution is -2.22. The van der Waals surface area contributed by atoms with Gasteiger partial charge in [-0.25, -0.2) is 9.97 Å². The molecular formula is C16H18N6O2S. The third-order valence-electron chi connectivity index (χ3n) is 4.04. The average Bonchev–Trinajstić information content (AvgIpc) is 3.14. The number of carbonyl (C=O) groups excluding carboxylic acids is 1. The summed E-state index contributed by atoms with van der Waals surface area (Å²) in [7, 11) is 0. The van der Waals surface area contributed by atoms with E-state index in [-0.39, 0.29) is 12.0 Å². The summed E-state index contributed by atoms with van der Waals surface area (Å²) in [4.78, 5) is 24.3. The number of hydrogen-bond acceptors (Lipinski definition) is 8. The first kappa shape index (κ1) is 16.1. The Morgan fingerprint density at radius 3 is 3.24 bits per heavy atom. The number of thioether (sulfide) groups is 1. The minimum Gasteiger partial charge on any atom is -0.487 e. The third kappa shape index (κ3) is 3.67. The van der Waals surface area contributed by atoms with Gasteiger partial charge in [-0.05, 0) is 19.0 Å². The second-order valence-electron chi connectivity index (χ2n) is 5.81. The first-order chi connectivity index (χ1) is 12.3. The normalized spacial score (nSPS) is 19.2. The van der Waals surface area contributed by atoms with Crippen molar-refractivity contribution in [1.29, 1.82) is 0 Å². The number of aromatic nitrogens is 3. The van der Waals surface area contributed by atoms with Crippen molar-refractivity contribution >= 4 is 29.2 Å². The molecule has 3 N–H and O–H groups in total. The molecule has 2 aliphatic heterocycles. The molecule has 0 unspecified atom stereocenters. The zero-order valence-electron chi connectivity index (χ0n) is 13.5. The van der Waals surface area contributed by atoms with Crippen LogP contribution >= 0.6 is 11.8 Å². The van der Waals surface area contributed by atoms with Crippen LogP contribution in [0.4, 0.5) is 11.5 Å². The second kappa shape index (κ2) is 7.24. The molecule has 0 radical (unpaired) electrons. The van der Waals surface area contributed by atoms with Crippen molar-refractivity contribution in [1.82, 2.24) is 20.3 Å². The summed E-state index contributed by atoms with van der Waals surface area (Å²) in [6.45, 7) is 2.34. The number of ether oxygens (including phenoxy) is 1. The number of anilines is 2. The summed E-state index contributed by atoms with van der Waals surface area (Å²) in [5.74, 6) is 1.71. The van der Waals surface area contributed by atoms with Gasteiger partial charge < -0.3 is 20.7 Å². The molecule has 2 aliphatic rings. The van der Waals surface area contributed by atoms with E-state index in [1.165, 1.54) is 18.1 Å². The molecular weight excluding hydrogens is 340 g/mol. The topological polar surface area (TPSA) is 101 Å². The Bertz CT molecular complexity index is 781. The molecule has 25 heavy (non-hydrogen) atoms. The van der Waals surface area contributed by atoms with E-state index in [0.717, 1.165) is 35.8 Å². The van der Waals surface area contributed by atoms with Crippen LogP contribution in [0.1, 0.15) is 12.0 Å². The van der Waals surface area contributed by atoms with Gasteiger partial charge in [0.1, 0.15) is 28.9 Å². The van der Waals surface area contributed by atoms with E-state index in [2.05, 4.69) is 30.9 Å². The Balaban J connectivity index is 1.49. The van der Waals surface area contributed by atoms with E-state index < -0.39 is 0 Å². The van der Waals surface area contributed by atoms with E-state index in [4.69, 9.17) is 4.74 Å². The monoisotopic (exact) mass is 358 g/mol. The van der Waals surface area contributed by atoms with Crippen LogP contribution in [-0.2, 0) is 11.3 Å². The van der Waals surface area contributed by atoms with Crippen molar-refractivity contribution in [3.8, 4) is 5.75 Å². The van der Waals surface area contributed by atoms with Crippen LogP contribution in [0.15, 0.2) is 29.8 Å². The highest BCUT2D eigenvalue weighted by Gasteiger charge is 2.21. The number of carbonyl (C=O) groups is 1. The fourth-order valence-corrected chi connectivity index (χ4v) is 3.54. The number of amides is 1. The van der Waals surface area contributed by atoms with Crippen LogP contribution < -0.4 is 20.7 Å². The molecule has 130 valence electrons. The molecule has 0 spiro atoms. The van der Waals surface area contributed by atoms with Crippen molar-refractivity contribution in [2.24, 2.45) is 0 Å². The summed E-state index contributed by atoms with van der Waals surface area (Å²) in [6.07, 6.45) is 6.14. The van der Waals surface area contributed by atoms with Gasteiger partial charge in [0.05, 0.1) is 11.9 Å². The smallest absolute Gasteiger partial charge is 0.234 e. The number of hydrogen-bond donors (Lipinski definition) is 3. The maximum absolute atomic E-state index is 11.7. The Labute approximate surface area is 149 Å². The van der Waals surface area contributed by atoms with E-state index in [0.29, 0.717) is 23.8 Å². The van der Waals surface area contributed by atoms with Gasteiger partial charge in [-0.15, -0.1) is 0 Å². The fourth-order valence-electron chi connectivity index (χ4n) is 2.78. The van der Waals surface area contributed by atoms with Crippen molar-refractivity contribution in [2.45, 2.75) is 24.1 Å². The van der Waals surface area contributed by atoms with E-state index in [1.807, 2.05) is 6.07 Å². The molecule has 9 heteroatoms. The predicted molar refractivity (Wildman–Crippen MR) is 94.9 cm³/mol. The number of pyridine rings is 1. The lowest BCUT2D eigenvalue weighted by atomic mass is 10.2. The van der Waals surface area contributed by atoms with Crippen molar-refractivity contribution in [3.63, 3.8) is 0 Å². The second-order valence-corrected chi connectivity index (χ2v) is 6.77. The standard InChI is InChI=1S/C16H18N6O2S/c23-13-8-25-16-14(22-13)15(20-9-21-16)19-5-10-1-3-18-7-12(10)24-11-2-4-17-6-11/h1,3,7,9,11,17H,2,4-6,8H2,(H,22,23)(H,19,20,21)/t11-/m0/s1. The molecule has 0 aromatic carbocycles. The summed E-state index contributed by atoms with van der Waals surface area (Å²) in [5, 5.41) is 10.2. The SMILES string of the molecule is O=C1CSc2ncnc(NCc3ccncc3O[C@H]3CCNC3)c2N1. The zero-order valence-corrected chi connectivity index (χ0v) is 14.3. The largest absolute Gasteiger partial charge is 0.487 e. The lowest BCUT2D eigenvalue weighted by molar-refractivity contribution is -0.113. The Morgan fingerprint density at radius 1 is 1.40 bits per heavy atom. The molecule has 1 amide bonds. The first-order valence-corrected chi connectivity index (χ1v) is 9.10. The summed E-state index contributed by atoms with van der Waals surface area (Å²) in [5.41, 5.74) is 1.63. The van der Waals surface area contributed by atoms with Crippen molar-refractivity contribution < 1.29 is 9.53 Å². The van der Waals surface area contributed by atoms with E-state index in [1.54, 1.807) is 12.4 Å². The highest BCUT2D eigenvalue weighted by atomic mass is 32.2. The van der Waals surface area contributed by atoms with Crippen LogP contribution in [0.3, 0.4) is 0 Å². The van der Waals surface area contributed by atoms with Gasteiger partial charge in [0, 0.05) is 24.8 Å². The number of nitrogens with zero attached hydrogens (tertiary/aromatic N) is 3. The van der Waals surface area contributed by atoms with Crippen LogP contribution in [-0.4, -0.2) is 45.8 Å². The van der Waals surface area contributed by atoms with E-state index >= 15 is 0 Å². The summed E-state index contributed by atoms with van der Waals surface area (Å²) in [6, 6.07) is 1.92. The number of nitrogens with one attached hydrogen (secondary N) is 3. The van der Waals surface area contributed by atoms with Crippen molar-refractivity contribution in [3.05, 3.63) is 30.4 Å². The molecule has 4 heterocycles. The van der Waals surface area contributed by atoms with Gasteiger partial charge in [-0.1, -0.05) is 11.8 Å². The molecule has 1 atom stereocenters. The molecule has 8 nitrogen and oxygen atoms in total. The quantitative estimate of drug-likeness (QED) is 0.687. The van der Waals surface area contributed by atoms with Gasteiger partial charge in [0.2, 0.25) is 5.91 Å². The van der Waals surface area contributed by atoms with Crippen LogP contribution in [0.25, 0.3) is 0 Å². The molecule has 0 bridgehead atoms. The molecule has 1 fully saturated rings.